The normalized spacial score (nSPS) is 16.8. The van der Waals surface area contributed by atoms with Crippen molar-refractivity contribution >= 4 is 17.3 Å². The molecule has 0 saturated carbocycles. The first-order valence-electron chi connectivity index (χ1n) is 8.09. The molecule has 0 aliphatic carbocycles. The van der Waals surface area contributed by atoms with E-state index in [9.17, 15) is 0 Å². The number of benzene rings is 1. The van der Waals surface area contributed by atoms with Gasteiger partial charge in [0.05, 0.1) is 6.54 Å². The van der Waals surface area contributed by atoms with Gasteiger partial charge in [0.1, 0.15) is 12.7 Å². The summed E-state index contributed by atoms with van der Waals surface area (Å²) in [6.45, 7) is 2.12. The van der Waals surface area contributed by atoms with E-state index in [1.165, 1.54) is 4.88 Å². The molecule has 128 valence electrons. The smallest absolute Gasteiger partial charge is 0.193 e. The number of nitrogens with zero attached hydrogens (tertiary/aromatic N) is 2. The van der Waals surface area contributed by atoms with Crippen LogP contribution in [0, 0.1) is 0 Å². The van der Waals surface area contributed by atoms with E-state index < -0.39 is 0 Å². The fourth-order valence-electron chi connectivity index (χ4n) is 2.59. The first-order valence-corrected chi connectivity index (χ1v) is 8.97. The summed E-state index contributed by atoms with van der Waals surface area (Å²) in [5.74, 6) is 2.48. The highest BCUT2D eigenvalue weighted by molar-refractivity contribution is 7.09. The molecule has 0 fully saturated rings. The molecular formula is C18H23N3O2S. The molecule has 3 rings (SSSR count). The van der Waals surface area contributed by atoms with E-state index >= 15 is 0 Å². The molecule has 1 aromatic carbocycles. The van der Waals surface area contributed by atoms with Crippen LogP contribution in [-0.2, 0) is 6.42 Å². The van der Waals surface area contributed by atoms with Crippen LogP contribution < -0.4 is 14.8 Å². The van der Waals surface area contributed by atoms with Crippen LogP contribution in [0.2, 0.25) is 0 Å². The van der Waals surface area contributed by atoms with Crippen LogP contribution in [0.5, 0.6) is 11.5 Å². The van der Waals surface area contributed by atoms with E-state index in [-0.39, 0.29) is 6.10 Å². The molecule has 0 saturated heterocycles. The predicted octanol–water partition coefficient (Wildman–Crippen LogP) is 2.64. The Labute approximate surface area is 146 Å². The van der Waals surface area contributed by atoms with E-state index in [0.717, 1.165) is 30.4 Å². The standard InChI is InChI=1S/C18H23N3O2S/c1-19-18(21(2)10-9-15-6-5-11-24-15)20-12-14-13-22-16-7-3-4-8-17(16)23-14/h3-8,11,14H,9-10,12-13H2,1-2H3,(H,19,20). The van der Waals surface area contributed by atoms with Gasteiger partial charge < -0.3 is 19.7 Å². The Bertz CT molecular complexity index is 673. The molecule has 1 aliphatic heterocycles. The average Bonchev–Trinajstić information content (AvgIpc) is 3.14. The van der Waals surface area contributed by atoms with Crippen LogP contribution >= 0.6 is 11.3 Å². The Balaban J connectivity index is 1.47. The monoisotopic (exact) mass is 345 g/mol. The van der Waals surface area contributed by atoms with Gasteiger partial charge >= 0.3 is 0 Å². The van der Waals surface area contributed by atoms with Crippen molar-refractivity contribution in [1.82, 2.24) is 10.2 Å². The van der Waals surface area contributed by atoms with Gasteiger partial charge in [-0.3, -0.25) is 4.99 Å². The number of thiophene rings is 1. The lowest BCUT2D eigenvalue weighted by Crippen LogP contribution is -2.46. The third-order valence-corrected chi connectivity index (χ3v) is 4.84. The van der Waals surface area contributed by atoms with E-state index in [1.54, 1.807) is 18.4 Å². The predicted molar refractivity (Wildman–Crippen MR) is 98.4 cm³/mol. The van der Waals surface area contributed by atoms with Crippen LogP contribution in [0.15, 0.2) is 46.8 Å². The lowest BCUT2D eigenvalue weighted by molar-refractivity contribution is 0.0932. The number of hydrogen-bond acceptors (Lipinski definition) is 4. The maximum absolute atomic E-state index is 5.97. The van der Waals surface area contributed by atoms with Crippen LogP contribution in [0.4, 0.5) is 0 Å². The van der Waals surface area contributed by atoms with Crippen molar-refractivity contribution in [3.05, 3.63) is 46.7 Å². The topological polar surface area (TPSA) is 46.1 Å². The summed E-state index contributed by atoms with van der Waals surface area (Å²) in [6, 6.07) is 12.0. The second-order valence-corrected chi connectivity index (χ2v) is 6.71. The summed E-state index contributed by atoms with van der Waals surface area (Å²) in [4.78, 5) is 7.88. The van der Waals surface area contributed by atoms with Crippen molar-refractivity contribution in [1.29, 1.82) is 0 Å². The molecule has 2 aromatic rings. The van der Waals surface area contributed by atoms with Crippen LogP contribution in [-0.4, -0.2) is 50.8 Å². The number of para-hydroxylation sites is 2. The molecule has 0 spiro atoms. The van der Waals surface area contributed by atoms with Gasteiger partial charge in [0.25, 0.3) is 0 Å². The molecule has 24 heavy (non-hydrogen) atoms. The van der Waals surface area contributed by atoms with Crippen LogP contribution in [0.3, 0.4) is 0 Å². The van der Waals surface area contributed by atoms with Crippen molar-refractivity contribution in [2.75, 3.05) is 33.8 Å². The molecule has 1 aromatic heterocycles. The van der Waals surface area contributed by atoms with Gasteiger partial charge in [-0.1, -0.05) is 18.2 Å². The van der Waals surface area contributed by atoms with Gasteiger partial charge in [-0.25, -0.2) is 0 Å². The highest BCUT2D eigenvalue weighted by Gasteiger charge is 2.21. The molecule has 0 bridgehead atoms. The molecule has 2 heterocycles. The van der Waals surface area contributed by atoms with Crippen molar-refractivity contribution < 1.29 is 9.47 Å². The average molecular weight is 345 g/mol. The quantitative estimate of drug-likeness (QED) is 0.668. The molecule has 1 aliphatic rings. The molecule has 1 N–H and O–H groups in total. The molecular weight excluding hydrogens is 322 g/mol. The minimum atomic E-state index is -0.0256. The van der Waals surface area contributed by atoms with Gasteiger partial charge in [-0.05, 0) is 30.0 Å². The first-order chi connectivity index (χ1) is 11.8. The highest BCUT2D eigenvalue weighted by atomic mass is 32.1. The third kappa shape index (κ3) is 4.20. The van der Waals surface area contributed by atoms with E-state index in [4.69, 9.17) is 9.47 Å². The first kappa shape index (κ1) is 16.6. The van der Waals surface area contributed by atoms with Gasteiger partial charge in [-0.2, -0.15) is 0 Å². The Morgan fingerprint density at radius 1 is 1.29 bits per heavy atom. The molecule has 5 nitrogen and oxygen atoms in total. The number of ether oxygens (including phenoxy) is 2. The van der Waals surface area contributed by atoms with Crippen molar-refractivity contribution in [3.63, 3.8) is 0 Å². The number of guanidine groups is 1. The largest absolute Gasteiger partial charge is 0.486 e. The minimum Gasteiger partial charge on any atom is -0.486 e. The maximum Gasteiger partial charge on any atom is 0.193 e. The SMILES string of the molecule is CN=C(NCC1COc2ccccc2O1)N(C)CCc1cccs1. The number of aliphatic imine (C=N–C) groups is 1. The van der Waals surface area contributed by atoms with Gasteiger partial charge in [0.2, 0.25) is 0 Å². The number of hydrogen-bond donors (Lipinski definition) is 1. The fraction of sp³-hybridized carbons (Fsp3) is 0.389. The van der Waals surface area contributed by atoms with Crippen molar-refractivity contribution in [2.45, 2.75) is 12.5 Å². The van der Waals surface area contributed by atoms with E-state index in [0.29, 0.717) is 13.2 Å². The minimum absolute atomic E-state index is 0.0256. The van der Waals surface area contributed by atoms with E-state index in [1.807, 2.05) is 24.3 Å². The second kappa shape index (κ2) is 8.06. The number of likely N-dealkylation sites (N-methyl/N-ethyl adjacent to an activating group) is 1. The summed E-state index contributed by atoms with van der Waals surface area (Å²) >= 11 is 1.79. The Morgan fingerprint density at radius 3 is 2.88 bits per heavy atom. The fourth-order valence-corrected chi connectivity index (χ4v) is 3.29. The molecule has 6 heteroatoms. The zero-order chi connectivity index (χ0) is 16.8. The Morgan fingerprint density at radius 2 is 2.12 bits per heavy atom. The second-order valence-electron chi connectivity index (χ2n) is 5.68. The maximum atomic E-state index is 5.97. The van der Waals surface area contributed by atoms with Crippen LogP contribution in [0.1, 0.15) is 4.88 Å². The van der Waals surface area contributed by atoms with Gasteiger partial charge in [0.15, 0.2) is 17.5 Å². The number of nitrogens with one attached hydrogen (secondary N) is 1. The summed E-state index contributed by atoms with van der Waals surface area (Å²) < 4.78 is 11.7. The molecule has 1 atom stereocenters. The van der Waals surface area contributed by atoms with Gasteiger partial charge in [-0.15, -0.1) is 11.3 Å². The number of rotatable bonds is 5. The highest BCUT2D eigenvalue weighted by Crippen LogP contribution is 2.30. The number of fused-ring (bicyclic) bond motifs is 1. The Hall–Kier alpha value is -2.21. The zero-order valence-corrected chi connectivity index (χ0v) is 14.9. The van der Waals surface area contributed by atoms with Crippen LogP contribution in [0.25, 0.3) is 0 Å². The van der Waals surface area contributed by atoms with Crippen molar-refractivity contribution in [3.8, 4) is 11.5 Å². The third-order valence-electron chi connectivity index (χ3n) is 3.90. The lowest BCUT2D eigenvalue weighted by atomic mass is 10.2. The molecule has 1 unspecified atom stereocenters. The van der Waals surface area contributed by atoms with Crippen molar-refractivity contribution in [2.24, 2.45) is 4.99 Å². The summed E-state index contributed by atoms with van der Waals surface area (Å²) in [7, 11) is 3.86. The summed E-state index contributed by atoms with van der Waals surface area (Å²) in [6.07, 6.45) is 0.994. The lowest BCUT2D eigenvalue weighted by Gasteiger charge is -2.28. The molecule has 0 radical (unpaired) electrons. The summed E-state index contributed by atoms with van der Waals surface area (Å²) in [5.41, 5.74) is 0. The summed E-state index contributed by atoms with van der Waals surface area (Å²) in [5, 5.41) is 5.49. The molecule has 0 amide bonds. The Kier molecular flexibility index (Phi) is 5.59. The van der Waals surface area contributed by atoms with Gasteiger partial charge in [0, 0.05) is 25.5 Å². The van der Waals surface area contributed by atoms with E-state index in [2.05, 4.69) is 39.8 Å². The zero-order valence-electron chi connectivity index (χ0n) is 14.1.